The maximum atomic E-state index is 6.16. The summed E-state index contributed by atoms with van der Waals surface area (Å²) < 4.78 is 0. The van der Waals surface area contributed by atoms with Crippen molar-refractivity contribution in [1.29, 1.82) is 0 Å². The van der Waals surface area contributed by atoms with Gasteiger partial charge in [-0.05, 0) is 24.3 Å². The molecule has 0 saturated carbocycles. The maximum Gasteiger partial charge on any atom is 0.223 e. The topological polar surface area (TPSA) is 99.5 Å². The van der Waals surface area contributed by atoms with Crippen molar-refractivity contribution >= 4 is 33.7 Å². The monoisotopic (exact) mass is 265 g/mol. The number of nitrogens with one attached hydrogen (secondary N) is 2. The number of H-pyrrole nitrogens is 2. The normalized spacial score (nSPS) is 11.2. The van der Waals surface area contributed by atoms with Crippen molar-refractivity contribution in [2.45, 2.75) is 0 Å². The third-order valence-corrected chi connectivity index (χ3v) is 3.19. The van der Waals surface area contributed by atoms with E-state index in [0.29, 0.717) is 11.5 Å². The Morgan fingerprint density at radius 2 is 1.80 bits per heavy atom. The van der Waals surface area contributed by atoms with Gasteiger partial charge in [0, 0.05) is 0 Å². The Bertz CT molecular complexity index is 859. The largest absolute Gasteiger partial charge is 0.323 e. The van der Waals surface area contributed by atoms with Crippen LogP contribution in [0.2, 0.25) is 0 Å². The van der Waals surface area contributed by atoms with Crippen molar-refractivity contribution in [1.82, 2.24) is 25.4 Å². The number of para-hydroxylation sites is 3. The Balaban J connectivity index is 1.87. The lowest BCUT2D eigenvalue weighted by atomic mass is 10.2. The lowest BCUT2D eigenvalue weighted by Gasteiger charge is -2.15. The molecular weight excluding hydrogens is 254 g/mol. The molecule has 0 aliphatic rings. The van der Waals surface area contributed by atoms with Gasteiger partial charge < -0.3 is 4.98 Å². The number of anilines is 2. The van der Waals surface area contributed by atoms with E-state index in [1.165, 1.54) is 5.01 Å². The minimum Gasteiger partial charge on any atom is -0.323 e. The molecule has 0 radical (unpaired) electrons. The van der Waals surface area contributed by atoms with Gasteiger partial charge in [0.05, 0.1) is 16.7 Å². The second-order valence-electron chi connectivity index (χ2n) is 4.42. The molecule has 2 aromatic heterocycles. The van der Waals surface area contributed by atoms with E-state index in [9.17, 15) is 0 Å². The Labute approximate surface area is 113 Å². The number of fused-ring (bicyclic) bond motifs is 2. The molecule has 4 aromatic rings. The Kier molecular flexibility index (Phi) is 2.21. The van der Waals surface area contributed by atoms with Crippen molar-refractivity contribution in [3.8, 4) is 0 Å². The van der Waals surface area contributed by atoms with E-state index in [-0.39, 0.29) is 0 Å². The van der Waals surface area contributed by atoms with Gasteiger partial charge in [-0.25, -0.2) is 15.8 Å². The van der Waals surface area contributed by atoms with Crippen LogP contribution in [-0.2, 0) is 0 Å². The molecule has 0 spiro atoms. The second-order valence-corrected chi connectivity index (χ2v) is 4.42. The van der Waals surface area contributed by atoms with Gasteiger partial charge in [-0.2, -0.15) is 15.4 Å². The average molecular weight is 265 g/mol. The van der Waals surface area contributed by atoms with Crippen molar-refractivity contribution in [3.63, 3.8) is 0 Å². The number of hydrazine groups is 1. The number of hydrogen-bond donors (Lipinski definition) is 3. The Hall–Kier alpha value is -2.93. The summed E-state index contributed by atoms with van der Waals surface area (Å²) in [6, 6.07) is 13.4. The van der Waals surface area contributed by atoms with Gasteiger partial charge in [0.2, 0.25) is 5.95 Å². The zero-order chi connectivity index (χ0) is 13.5. The van der Waals surface area contributed by atoms with Crippen molar-refractivity contribution in [2.24, 2.45) is 5.84 Å². The van der Waals surface area contributed by atoms with Crippen LogP contribution in [-0.4, -0.2) is 25.4 Å². The van der Waals surface area contributed by atoms with Gasteiger partial charge in [0.25, 0.3) is 0 Å². The molecule has 4 N–H and O–H groups in total. The number of rotatable bonds is 2. The molecule has 2 aromatic carbocycles. The first kappa shape index (κ1) is 10.9. The predicted molar refractivity (Wildman–Crippen MR) is 76.3 cm³/mol. The highest BCUT2D eigenvalue weighted by atomic mass is 15.5. The fourth-order valence-electron chi connectivity index (χ4n) is 2.22. The van der Waals surface area contributed by atoms with E-state index in [2.05, 4.69) is 25.4 Å². The third kappa shape index (κ3) is 1.54. The molecule has 0 saturated heterocycles. The van der Waals surface area contributed by atoms with Crippen LogP contribution >= 0.6 is 0 Å². The van der Waals surface area contributed by atoms with Gasteiger partial charge in [-0.15, -0.1) is 0 Å². The molecule has 0 aliphatic heterocycles. The molecule has 4 rings (SSSR count). The number of imidazole rings is 1. The molecule has 0 atom stereocenters. The lowest BCUT2D eigenvalue weighted by molar-refractivity contribution is 0.955. The number of hydrogen-bond acceptors (Lipinski definition) is 5. The zero-order valence-corrected chi connectivity index (χ0v) is 10.4. The van der Waals surface area contributed by atoms with E-state index >= 15 is 0 Å². The van der Waals surface area contributed by atoms with Gasteiger partial charge >= 0.3 is 0 Å². The fraction of sp³-hybridized carbons (Fsp3) is 0. The first-order valence-corrected chi connectivity index (χ1v) is 6.12. The lowest BCUT2D eigenvalue weighted by Crippen LogP contribution is -2.26. The van der Waals surface area contributed by atoms with Crippen LogP contribution in [0.1, 0.15) is 0 Å². The van der Waals surface area contributed by atoms with Crippen molar-refractivity contribution in [3.05, 3.63) is 42.5 Å². The summed E-state index contributed by atoms with van der Waals surface area (Å²) in [5.74, 6) is 6.72. The number of benzene rings is 2. The quantitative estimate of drug-likeness (QED) is 0.379. The SMILES string of the molecule is NN(c1nc2ccccc2[nH]1)c1cccc2n[nH]nc12. The number of nitrogens with two attached hydrogens (primary N) is 1. The van der Waals surface area contributed by atoms with Crippen molar-refractivity contribution in [2.75, 3.05) is 5.01 Å². The van der Waals surface area contributed by atoms with Crippen LogP contribution in [0.3, 0.4) is 0 Å². The standard InChI is InChI=1S/C13H11N7/c14-20(11-7-3-6-10-12(11)18-19-17-10)13-15-8-4-1-2-5-9(8)16-13/h1-7H,14H2,(H,15,16)(H,17,18,19). The van der Waals surface area contributed by atoms with E-state index < -0.39 is 0 Å². The highest BCUT2D eigenvalue weighted by Crippen LogP contribution is 2.27. The highest BCUT2D eigenvalue weighted by molar-refractivity contribution is 5.90. The van der Waals surface area contributed by atoms with Crippen LogP contribution in [0.5, 0.6) is 0 Å². The fourth-order valence-corrected chi connectivity index (χ4v) is 2.22. The zero-order valence-electron chi connectivity index (χ0n) is 10.4. The highest BCUT2D eigenvalue weighted by Gasteiger charge is 2.14. The first-order valence-electron chi connectivity index (χ1n) is 6.12. The third-order valence-electron chi connectivity index (χ3n) is 3.19. The minimum absolute atomic E-state index is 0.557. The average Bonchev–Trinajstić information content (AvgIpc) is 3.12. The number of aromatic amines is 2. The summed E-state index contributed by atoms with van der Waals surface area (Å²) >= 11 is 0. The summed E-state index contributed by atoms with van der Waals surface area (Å²) in [5, 5.41) is 12.2. The van der Waals surface area contributed by atoms with E-state index in [0.717, 1.165) is 22.2 Å². The molecule has 0 fully saturated rings. The molecule has 20 heavy (non-hydrogen) atoms. The summed E-state index contributed by atoms with van der Waals surface area (Å²) in [4.78, 5) is 7.65. The van der Waals surface area contributed by atoms with Crippen LogP contribution in [0.4, 0.5) is 11.6 Å². The van der Waals surface area contributed by atoms with Gasteiger partial charge in [0.15, 0.2) is 0 Å². The molecule has 0 bridgehead atoms. The summed E-state index contributed by atoms with van der Waals surface area (Å²) in [6.45, 7) is 0. The van der Waals surface area contributed by atoms with Crippen LogP contribution in [0.15, 0.2) is 42.5 Å². The van der Waals surface area contributed by atoms with Crippen LogP contribution in [0, 0.1) is 0 Å². The first-order chi connectivity index (χ1) is 9.83. The van der Waals surface area contributed by atoms with Crippen LogP contribution < -0.4 is 10.9 Å². The number of aromatic nitrogens is 5. The van der Waals surface area contributed by atoms with Crippen molar-refractivity contribution < 1.29 is 0 Å². The Morgan fingerprint density at radius 3 is 2.70 bits per heavy atom. The van der Waals surface area contributed by atoms with Gasteiger partial charge in [-0.1, -0.05) is 18.2 Å². The summed E-state index contributed by atoms with van der Waals surface area (Å²) in [7, 11) is 0. The molecule has 7 heteroatoms. The second kappa shape index (κ2) is 4.04. The molecule has 7 nitrogen and oxygen atoms in total. The number of nitrogens with zero attached hydrogens (tertiary/aromatic N) is 4. The van der Waals surface area contributed by atoms with E-state index in [1.807, 2.05) is 42.5 Å². The molecule has 0 unspecified atom stereocenters. The predicted octanol–water partition coefficient (Wildman–Crippen LogP) is 1.85. The van der Waals surface area contributed by atoms with Crippen LogP contribution in [0.25, 0.3) is 22.1 Å². The molecule has 0 amide bonds. The van der Waals surface area contributed by atoms with E-state index in [4.69, 9.17) is 5.84 Å². The van der Waals surface area contributed by atoms with E-state index in [1.54, 1.807) is 0 Å². The smallest absolute Gasteiger partial charge is 0.223 e. The summed E-state index contributed by atoms with van der Waals surface area (Å²) in [5.41, 5.74) is 4.00. The molecular formula is C13H11N7. The van der Waals surface area contributed by atoms with Gasteiger partial charge in [0.1, 0.15) is 11.0 Å². The molecule has 0 aliphatic carbocycles. The Morgan fingerprint density at radius 1 is 0.950 bits per heavy atom. The summed E-state index contributed by atoms with van der Waals surface area (Å²) in [6.07, 6.45) is 0. The maximum absolute atomic E-state index is 6.16. The minimum atomic E-state index is 0.557. The molecule has 98 valence electrons. The molecule has 2 heterocycles. The van der Waals surface area contributed by atoms with Gasteiger partial charge in [-0.3, -0.25) is 0 Å².